The molecule has 0 aliphatic carbocycles. The number of benzene rings is 1. The molecular weight excluding hydrogens is 462 g/mol. The van der Waals surface area contributed by atoms with Crippen LogP contribution in [0.4, 0.5) is 4.79 Å². The number of ether oxygens (including phenoxy) is 1. The number of hydrogen-bond donors (Lipinski definition) is 4. The van der Waals surface area contributed by atoms with Crippen LogP contribution in [0.5, 0.6) is 0 Å². The number of alkyl carbamates (subject to hydrolysis) is 1. The Balaban J connectivity index is 2.95. The van der Waals surface area contributed by atoms with E-state index in [1.54, 1.807) is 34.6 Å². The first-order chi connectivity index (χ1) is 16.7. The monoisotopic (exact) mass is 503 g/mol. The lowest BCUT2D eigenvalue weighted by Crippen LogP contribution is -2.57. The molecule has 4 N–H and O–H groups in total. The molecule has 0 saturated carbocycles. The molecule has 0 unspecified atom stereocenters. The molecule has 0 aliphatic heterocycles. The molecule has 4 atom stereocenters. The molecule has 1 aromatic carbocycles. The maximum Gasteiger partial charge on any atom is 0.408 e. The lowest BCUT2D eigenvalue weighted by molar-refractivity contribution is -0.133. The van der Waals surface area contributed by atoms with E-state index in [9.17, 15) is 19.2 Å². The minimum atomic E-state index is -0.979. The van der Waals surface area contributed by atoms with Gasteiger partial charge in [-0.1, -0.05) is 50.6 Å². The van der Waals surface area contributed by atoms with Crippen LogP contribution < -0.4 is 21.4 Å². The van der Waals surface area contributed by atoms with Gasteiger partial charge < -0.3 is 20.7 Å². The van der Waals surface area contributed by atoms with E-state index in [2.05, 4.69) is 26.5 Å². The SMILES string of the molecule is CC[C@H](C)[C@H](NC(=O)[C@@H](C)NC(=O)[C@H](Cc1ccccc1)NC(=O)OC(C)(C)C)C(=O)NN=C(C)C. The van der Waals surface area contributed by atoms with E-state index in [1.165, 1.54) is 6.92 Å². The van der Waals surface area contributed by atoms with Crippen LogP contribution in [0.1, 0.15) is 67.4 Å². The highest BCUT2D eigenvalue weighted by molar-refractivity contribution is 5.94. The average molecular weight is 504 g/mol. The number of hydrazone groups is 1. The second-order valence-corrected chi connectivity index (χ2v) is 10.0. The Labute approximate surface area is 214 Å². The Bertz CT molecular complexity index is 922. The summed E-state index contributed by atoms with van der Waals surface area (Å²) in [5.41, 5.74) is 3.21. The number of rotatable bonds is 11. The van der Waals surface area contributed by atoms with Crippen LogP contribution in [-0.2, 0) is 25.5 Å². The third-order valence-electron chi connectivity index (χ3n) is 5.23. The highest BCUT2D eigenvalue weighted by atomic mass is 16.6. The van der Waals surface area contributed by atoms with Crippen LogP contribution in [0.15, 0.2) is 35.4 Å². The van der Waals surface area contributed by atoms with Crippen molar-refractivity contribution in [3.8, 4) is 0 Å². The molecule has 0 aliphatic rings. The molecule has 0 heterocycles. The number of carbonyl (C=O) groups is 4. The highest BCUT2D eigenvalue weighted by Gasteiger charge is 2.30. The molecule has 0 fully saturated rings. The van der Waals surface area contributed by atoms with Gasteiger partial charge in [-0.2, -0.15) is 5.10 Å². The first-order valence-electron chi connectivity index (χ1n) is 12.2. The lowest BCUT2D eigenvalue weighted by atomic mass is 9.98. The maximum absolute atomic E-state index is 13.1. The van der Waals surface area contributed by atoms with E-state index in [0.29, 0.717) is 12.1 Å². The predicted molar refractivity (Wildman–Crippen MR) is 139 cm³/mol. The van der Waals surface area contributed by atoms with Crippen LogP contribution >= 0.6 is 0 Å². The highest BCUT2D eigenvalue weighted by Crippen LogP contribution is 2.10. The van der Waals surface area contributed by atoms with Crippen molar-refractivity contribution < 1.29 is 23.9 Å². The van der Waals surface area contributed by atoms with E-state index in [4.69, 9.17) is 4.74 Å². The predicted octanol–water partition coefficient (Wildman–Crippen LogP) is 2.67. The second kappa shape index (κ2) is 14.2. The Morgan fingerprint density at radius 3 is 2.06 bits per heavy atom. The van der Waals surface area contributed by atoms with Gasteiger partial charge in [0.15, 0.2) is 0 Å². The topological polar surface area (TPSA) is 138 Å². The molecule has 0 spiro atoms. The van der Waals surface area contributed by atoms with Gasteiger partial charge in [0, 0.05) is 12.1 Å². The van der Waals surface area contributed by atoms with Gasteiger partial charge in [-0.25, -0.2) is 10.2 Å². The first-order valence-corrected chi connectivity index (χ1v) is 12.2. The van der Waals surface area contributed by atoms with Crippen molar-refractivity contribution in [2.45, 2.75) is 92.0 Å². The summed E-state index contributed by atoms with van der Waals surface area (Å²) in [5, 5.41) is 11.9. The molecular formula is C26H41N5O5. The van der Waals surface area contributed by atoms with Gasteiger partial charge in [0.2, 0.25) is 11.8 Å². The summed E-state index contributed by atoms with van der Waals surface area (Å²) in [7, 11) is 0. The normalized spacial score (nSPS) is 14.3. The molecule has 0 radical (unpaired) electrons. The van der Waals surface area contributed by atoms with Gasteiger partial charge in [0.05, 0.1) is 0 Å². The average Bonchev–Trinajstić information content (AvgIpc) is 2.79. The van der Waals surface area contributed by atoms with Crippen LogP contribution in [0.2, 0.25) is 0 Å². The molecule has 0 aromatic heterocycles. The maximum atomic E-state index is 13.1. The fourth-order valence-corrected chi connectivity index (χ4v) is 3.11. The zero-order chi connectivity index (χ0) is 27.5. The van der Waals surface area contributed by atoms with Crippen molar-refractivity contribution in [2.24, 2.45) is 11.0 Å². The third kappa shape index (κ3) is 11.3. The van der Waals surface area contributed by atoms with E-state index in [1.807, 2.05) is 44.2 Å². The van der Waals surface area contributed by atoms with Gasteiger partial charge in [-0.15, -0.1) is 0 Å². The fraction of sp³-hybridized carbons (Fsp3) is 0.577. The summed E-state index contributed by atoms with van der Waals surface area (Å²) in [4.78, 5) is 50.9. The number of nitrogens with one attached hydrogen (secondary N) is 4. The van der Waals surface area contributed by atoms with Gasteiger partial charge in [-0.05, 0) is 53.0 Å². The van der Waals surface area contributed by atoms with Crippen molar-refractivity contribution in [1.82, 2.24) is 21.4 Å². The summed E-state index contributed by atoms with van der Waals surface area (Å²) in [6.45, 7) is 13.9. The van der Waals surface area contributed by atoms with Gasteiger partial charge in [0.1, 0.15) is 23.7 Å². The third-order valence-corrected chi connectivity index (χ3v) is 5.23. The number of hydrogen-bond acceptors (Lipinski definition) is 6. The summed E-state index contributed by atoms with van der Waals surface area (Å²) >= 11 is 0. The summed E-state index contributed by atoms with van der Waals surface area (Å²) in [5.74, 6) is -1.69. The summed E-state index contributed by atoms with van der Waals surface area (Å²) < 4.78 is 5.30. The van der Waals surface area contributed by atoms with E-state index >= 15 is 0 Å². The first kappa shape index (κ1) is 30.6. The van der Waals surface area contributed by atoms with Crippen molar-refractivity contribution in [2.75, 3.05) is 0 Å². The molecule has 0 bridgehead atoms. The molecule has 1 aromatic rings. The van der Waals surface area contributed by atoms with E-state index in [-0.39, 0.29) is 12.3 Å². The zero-order valence-electron chi connectivity index (χ0n) is 22.6. The fourth-order valence-electron chi connectivity index (χ4n) is 3.11. The lowest BCUT2D eigenvalue weighted by Gasteiger charge is -2.26. The number of nitrogens with zero attached hydrogens (tertiary/aromatic N) is 1. The van der Waals surface area contributed by atoms with Gasteiger partial charge >= 0.3 is 6.09 Å². The van der Waals surface area contributed by atoms with E-state index in [0.717, 1.165) is 5.56 Å². The van der Waals surface area contributed by atoms with Crippen LogP contribution in [0.25, 0.3) is 0 Å². The molecule has 4 amide bonds. The Morgan fingerprint density at radius 2 is 1.53 bits per heavy atom. The quantitative estimate of drug-likeness (QED) is 0.272. The zero-order valence-corrected chi connectivity index (χ0v) is 22.6. The molecule has 0 saturated heterocycles. The second-order valence-electron chi connectivity index (χ2n) is 10.0. The molecule has 1 rings (SSSR count). The smallest absolute Gasteiger partial charge is 0.408 e. The minimum Gasteiger partial charge on any atom is -0.444 e. The molecule has 10 heteroatoms. The van der Waals surface area contributed by atoms with E-state index < -0.39 is 47.5 Å². The molecule has 36 heavy (non-hydrogen) atoms. The minimum absolute atomic E-state index is 0.163. The largest absolute Gasteiger partial charge is 0.444 e. The van der Waals surface area contributed by atoms with Crippen LogP contribution in [0, 0.1) is 5.92 Å². The van der Waals surface area contributed by atoms with Gasteiger partial charge in [0.25, 0.3) is 5.91 Å². The Morgan fingerprint density at radius 1 is 0.917 bits per heavy atom. The Kier molecular flexibility index (Phi) is 12.1. The van der Waals surface area contributed by atoms with Crippen LogP contribution in [0.3, 0.4) is 0 Å². The van der Waals surface area contributed by atoms with Crippen molar-refractivity contribution >= 4 is 29.5 Å². The van der Waals surface area contributed by atoms with Crippen molar-refractivity contribution in [3.63, 3.8) is 0 Å². The summed E-state index contributed by atoms with van der Waals surface area (Å²) in [6, 6.07) is 6.41. The van der Waals surface area contributed by atoms with Gasteiger partial charge in [-0.3, -0.25) is 14.4 Å². The summed E-state index contributed by atoms with van der Waals surface area (Å²) in [6.07, 6.45) is 0.107. The standard InChI is InChI=1S/C26H41N5O5/c1-9-17(4)21(24(34)31-30-16(2)3)29-22(32)18(5)27-23(33)20(15-19-13-11-10-12-14-19)28-25(35)36-26(6,7)8/h10-14,17-18,20-21H,9,15H2,1-8H3,(H,27,33)(H,28,35)(H,29,32)(H,31,34)/t17-,18+,20-,21-/m0/s1. The molecule has 200 valence electrons. The van der Waals surface area contributed by atoms with Crippen molar-refractivity contribution in [3.05, 3.63) is 35.9 Å². The number of carbonyl (C=O) groups excluding carboxylic acids is 4. The molecule has 10 nitrogen and oxygen atoms in total. The Hall–Kier alpha value is -3.43. The van der Waals surface area contributed by atoms with Crippen molar-refractivity contribution in [1.29, 1.82) is 0 Å². The number of amides is 4. The van der Waals surface area contributed by atoms with Crippen LogP contribution in [-0.4, -0.2) is 53.3 Å².